The van der Waals surface area contributed by atoms with Crippen molar-refractivity contribution in [1.29, 1.82) is 0 Å². The van der Waals surface area contributed by atoms with Gasteiger partial charge in [-0.2, -0.15) is 0 Å². The summed E-state index contributed by atoms with van der Waals surface area (Å²) in [5.41, 5.74) is 3.81. The van der Waals surface area contributed by atoms with Crippen LogP contribution in [0, 0.1) is 5.92 Å². The molecule has 0 fully saturated rings. The first kappa shape index (κ1) is 18.0. The van der Waals surface area contributed by atoms with Gasteiger partial charge in [0.2, 0.25) is 0 Å². The highest BCUT2D eigenvalue weighted by Crippen LogP contribution is 2.25. The van der Waals surface area contributed by atoms with Crippen molar-refractivity contribution in [3.8, 4) is 5.75 Å². The molecule has 1 unspecified atom stereocenters. The maximum Gasteiger partial charge on any atom is 0.308 e. The standard InChI is InChI=1S/C21H23NO4/c1-26-19-11-3-2-6-15(19)12-16(21(24)25)13-22-20(23)18-10-5-8-14-7-4-9-17(14)18/h2-3,5-6,8,10-11,16H,4,7,9,12-13H2,1H3,(H,22,23)(H,24,25). The van der Waals surface area contributed by atoms with Crippen molar-refractivity contribution >= 4 is 11.9 Å². The van der Waals surface area contributed by atoms with Gasteiger partial charge in [-0.15, -0.1) is 0 Å². The Kier molecular flexibility index (Phi) is 5.56. The molecule has 136 valence electrons. The van der Waals surface area contributed by atoms with Crippen LogP contribution in [0.25, 0.3) is 0 Å². The van der Waals surface area contributed by atoms with E-state index in [2.05, 4.69) is 11.4 Å². The van der Waals surface area contributed by atoms with Gasteiger partial charge in [-0.05, 0) is 54.5 Å². The molecule has 0 spiro atoms. The normalized spacial score (nSPS) is 13.7. The summed E-state index contributed by atoms with van der Waals surface area (Å²) in [6, 6.07) is 13.1. The van der Waals surface area contributed by atoms with Gasteiger partial charge < -0.3 is 15.2 Å². The van der Waals surface area contributed by atoms with E-state index < -0.39 is 11.9 Å². The molecule has 0 saturated heterocycles. The van der Waals surface area contributed by atoms with Crippen LogP contribution in [0.2, 0.25) is 0 Å². The van der Waals surface area contributed by atoms with Gasteiger partial charge in [0.15, 0.2) is 0 Å². The molecule has 1 aliphatic carbocycles. The third kappa shape index (κ3) is 3.87. The van der Waals surface area contributed by atoms with Crippen LogP contribution in [0.5, 0.6) is 5.75 Å². The van der Waals surface area contributed by atoms with Crippen LogP contribution in [0.1, 0.15) is 33.5 Å². The molecule has 0 radical (unpaired) electrons. The van der Waals surface area contributed by atoms with Gasteiger partial charge in [0.05, 0.1) is 13.0 Å². The third-order valence-corrected chi connectivity index (χ3v) is 4.91. The molecule has 3 rings (SSSR count). The Morgan fingerprint density at radius 2 is 1.96 bits per heavy atom. The van der Waals surface area contributed by atoms with Crippen molar-refractivity contribution in [3.05, 3.63) is 64.7 Å². The average molecular weight is 353 g/mol. The molecule has 1 atom stereocenters. The quantitative estimate of drug-likeness (QED) is 0.803. The van der Waals surface area contributed by atoms with Gasteiger partial charge in [-0.25, -0.2) is 0 Å². The summed E-state index contributed by atoms with van der Waals surface area (Å²) in [5.74, 6) is -1.19. The lowest BCUT2D eigenvalue weighted by Gasteiger charge is -2.16. The fraction of sp³-hybridized carbons (Fsp3) is 0.333. The van der Waals surface area contributed by atoms with Crippen molar-refractivity contribution in [2.24, 2.45) is 5.92 Å². The molecule has 2 N–H and O–H groups in total. The fourth-order valence-electron chi connectivity index (χ4n) is 3.53. The fourth-order valence-corrected chi connectivity index (χ4v) is 3.53. The second-order valence-electron chi connectivity index (χ2n) is 6.56. The number of rotatable bonds is 7. The number of para-hydroxylation sites is 1. The highest BCUT2D eigenvalue weighted by Gasteiger charge is 2.23. The van der Waals surface area contributed by atoms with Crippen LogP contribution < -0.4 is 10.1 Å². The molecule has 0 saturated carbocycles. The molecule has 1 amide bonds. The van der Waals surface area contributed by atoms with Crippen molar-refractivity contribution in [2.45, 2.75) is 25.7 Å². The number of methoxy groups -OCH3 is 1. The van der Waals surface area contributed by atoms with E-state index >= 15 is 0 Å². The first-order chi connectivity index (χ1) is 12.6. The molecular formula is C21H23NO4. The first-order valence-electron chi connectivity index (χ1n) is 8.83. The number of hydrogen-bond donors (Lipinski definition) is 2. The van der Waals surface area contributed by atoms with E-state index in [-0.39, 0.29) is 12.5 Å². The van der Waals surface area contributed by atoms with E-state index in [1.165, 1.54) is 5.56 Å². The molecule has 0 heterocycles. The Labute approximate surface area is 153 Å². The van der Waals surface area contributed by atoms with E-state index in [0.29, 0.717) is 17.7 Å². The Bertz CT molecular complexity index is 815. The minimum absolute atomic E-state index is 0.0792. The average Bonchev–Trinajstić information content (AvgIpc) is 3.13. The zero-order valence-electron chi connectivity index (χ0n) is 14.8. The predicted octanol–water partition coefficient (Wildman–Crippen LogP) is 2.86. The molecule has 0 aliphatic heterocycles. The number of carbonyl (C=O) groups excluding carboxylic acids is 1. The Balaban J connectivity index is 1.69. The largest absolute Gasteiger partial charge is 0.496 e. The molecule has 2 aromatic rings. The number of aliphatic carboxylic acids is 1. The van der Waals surface area contributed by atoms with Crippen molar-refractivity contribution in [2.75, 3.05) is 13.7 Å². The van der Waals surface area contributed by atoms with Crippen molar-refractivity contribution < 1.29 is 19.4 Å². The summed E-state index contributed by atoms with van der Waals surface area (Å²) in [7, 11) is 1.56. The minimum atomic E-state index is -0.936. The zero-order valence-corrected chi connectivity index (χ0v) is 14.8. The minimum Gasteiger partial charge on any atom is -0.496 e. The summed E-state index contributed by atoms with van der Waals surface area (Å²) >= 11 is 0. The monoisotopic (exact) mass is 353 g/mol. The number of aryl methyl sites for hydroxylation is 1. The third-order valence-electron chi connectivity index (χ3n) is 4.91. The van der Waals surface area contributed by atoms with Crippen molar-refractivity contribution in [1.82, 2.24) is 5.32 Å². The van der Waals surface area contributed by atoms with Gasteiger partial charge in [0, 0.05) is 12.1 Å². The van der Waals surface area contributed by atoms with Gasteiger partial charge in [-0.1, -0.05) is 30.3 Å². The van der Waals surface area contributed by atoms with Gasteiger partial charge >= 0.3 is 5.97 Å². The predicted molar refractivity (Wildman–Crippen MR) is 98.6 cm³/mol. The van der Waals surface area contributed by atoms with Crippen LogP contribution in [0.4, 0.5) is 0 Å². The van der Waals surface area contributed by atoms with Crippen LogP contribution >= 0.6 is 0 Å². The number of carbonyl (C=O) groups is 2. The second-order valence-corrected chi connectivity index (χ2v) is 6.56. The SMILES string of the molecule is COc1ccccc1CC(CNC(=O)c1cccc2c1CCC2)C(=O)O. The Hall–Kier alpha value is -2.82. The number of carboxylic acids is 1. The second kappa shape index (κ2) is 8.04. The highest BCUT2D eigenvalue weighted by molar-refractivity contribution is 5.96. The van der Waals surface area contributed by atoms with Crippen LogP contribution in [0.15, 0.2) is 42.5 Å². The number of amides is 1. The molecule has 2 aromatic carbocycles. The first-order valence-corrected chi connectivity index (χ1v) is 8.83. The maximum absolute atomic E-state index is 12.6. The van der Waals surface area contributed by atoms with Gasteiger partial charge in [-0.3, -0.25) is 9.59 Å². The van der Waals surface area contributed by atoms with E-state index in [4.69, 9.17) is 4.74 Å². The molecular weight excluding hydrogens is 330 g/mol. The van der Waals surface area contributed by atoms with Crippen LogP contribution in [-0.2, 0) is 24.1 Å². The lowest BCUT2D eigenvalue weighted by Crippen LogP contribution is -2.34. The van der Waals surface area contributed by atoms with E-state index in [1.54, 1.807) is 13.2 Å². The molecule has 0 aromatic heterocycles. The lowest BCUT2D eigenvalue weighted by atomic mass is 9.98. The zero-order chi connectivity index (χ0) is 18.5. The molecule has 26 heavy (non-hydrogen) atoms. The number of carboxylic acid groups (broad SMARTS) is 1. The molecule has 5 nitrogen and oxygen atoms in total. The highest BCUT2D eigenvalue weighted by atomic mass is 16.5. The molecule has 0 bridgehead atoms. The van der Waals surface area contributed by atoms with E-state index in [1.807, 2.05) is 30.3 Å². The smallest absolute Gasteiger partial charge is 0.308 e. The summed E-state index contributed by atoms with van der Waals surface area (Å²) < 4.78 is 5.29. The van der Waals surface area contributed by atoms with E-state index in [9.17, 15) is 14.7 Å². The van der Waals surface area contributed by atoms with E-state index in [0.717, 1.165) is 30.4 Å². The van der Waals surface area contributed by atoms with Gasteiger partial charge in [0.25, 0.3) is 5.91 Å². The summed E-state index contributed by atoms with van der Waals surface area (Å²) in [4.78, 5) is 24.2. The number of fused-ring (bicyclic) bond motifs is 1. The van der Waals surface area contributed by atoms with Crippen LogP contribution in [0.3, 0.4) is 0 Å². The number of benzene rings is 2. The van der Waals surface area contributed by atoms with Crippen molar-refractivity contribution in [3.63, 3.8) is 0 Å². The number of nitrogens with one attached hydrogen (secondary N) is 1. The molecule has 5 heteroatoms. The van der Waals surface area contributed by atoms with Gasteiger partial charge in [0.1, 0.15) is 5.75 Å². The number of ether oxygens (including phenoxy) is 1. The topological polar surface area (TPSA) is 75.6 Å². The Morgan fingerprint density at radius 1 is 1.15 bits per heavy atom. The number of hydrogen-bond acceptors (Lipinski definition) is 3. The van der Waals surface area contributed by atoms with Crippen LogP contribution in [-0.4, -0.2) is 30.6 Å². The lowest BCUT2D eigenvalue weighted by molar-refractivity contribution is -0.141. The summed E-state index contributed by atoms with van der Waals surface area (Å²) in [6.45, 7) is 0.0792. The maximum atomic E-state index is 12.6. The molecule has 1 aliphatic rings. The Morgan fingerprint density at radius 3 is 2.73 bits per heavy atom. The summed E-state index contributed by atoms with van der Waals surface area (Å²) in [6.07, 6.45) is 3.27. The summed E-state index contributed by atoms with van der Waals surface area (Å²) in [5, 5.41) is 12.4.